The molecular weight excluding hydrogens is 368 g/mol. The van der Waals surface area contributed by atoms with Crippen LogP contribution < -0.4 is 10.1 Å². The summed E-state index contributed by atoms with van der Waals surface area (Å²) >= 11 is 0. The molecule has 2 aromatic carbocycles. The van der Waals surface area contributed by atoms with E-state index in [9.17, 15) is 18.4 Å². The summed E-state index contributed by atoms with van der Waals surface area (Å²) in [5.41, 5.74) is 2.10. The molecule has 28 heavy (non-hydrogen) atoms. The number of hydrogen-bond donors (Lipinski definition) is 1. The number of amides is 1. The minimum absolute atomic E-state index is 0.145. The average Bonchev–Trinajstić information content (AvgIpc) is 2.68. The van der Waals surface area contributed by atoms with Crippen LogP contribution in [0.25, 0.3) is 0 Å². The van der Waals surface area contributed by atoms with E-state index in [-0.39, 0.29) is 17.4 Å². The van der Waals surface area contributed by atoms with Crippen molar-refractivity contribution in [1.29, 1.82) is 0 Å². The highest BCUT2D eigenvalue weighted by molar-refractivity contribution is 5.94. The van der Waals surface area contributed by atoms with E-state index < -0.39 is 24.6 Å². The minimum atomic E-state index is -3.07. The van der Waals surface area contributed by atoms with Crippen molar-refractivity contribution < 1.29 is 27.8 Å². The van der Waals surface area contributed by atoms with E-state index >= 15 is 0 Å². The Hall–Kier alpha value is -2.96. The van der Waals surface area contributed by atoms with Crippen LogP contribution in [0.2, 0.25) is 0 Å². The number of para-hydroxylation sites is 1. The van der Waals surface area contributed by atoms with Gasteiger partial charge in [-0.05, 0) is 49.4 Å². The van der Waals surface area contributed by atoms with Crippen LogP contribution in [0.3, 0.4) is 0 Å². The predicted molar refractivity (Wildman–Crippen MR) is 98.2 cm³/mol. The maximum absolute atomic E-state index is 12.5. The van der Waals surface area contributed by atoms with Gasteiger partial charge in [-0.15, -0.1) is 0 Å². The smallest absolute Gasteiger partial charge is 0.387 e. The largest absolute Gasteiger partial charge is 0.449 e. The molecule has 1 amide bonds. The van der Waals surface area contributed by atoms with Gasteiger partial charge < -0.3 is 14.8 Å². The molecular formula is C21H21F2NO4. The van der Waals surface area contributed by atoms with E-state index in [0.717, 1.165) is 24.8 Å². The number of carbonyl (C=O) groups is 2. The Kier molecular flexibility index (Phi) is 6.23. The van der Waals surface area contributed by atoms with E-state index in [1.165, 1.54) is 36.8 Å². The van der Waals surface area contributed by atoms with Gasteiger partial charge in [0.1, 0.15) is 11.3 Å². The monoisotopic (exact) mass is 389 g/mol. The predicted octanol–water partition coefficient (Wildman–Crippen LogP) is 4.03. The lowest BCUT2D eigenvalue weighted by Crippen LogP contribution is -2.39. The van der Waals surface area contributed by atoms with Gasteiger partial charge in [-0.1, -0.05) is 36.4 Å². The zero-order chi connectivity index (χ0) is 20.1. The fraction of sp³-hybridized carbons (Fsp3) is 0.333. The number of alkyl halides is 2. The number of ether oxygens (including phenoxy) is 2. The van der Waals surface area contributed by atoms with E-state index in [2.05, 4.69) is 10.1 Å². The molecule has 0 aromatic heterocycles. The van der Waals surface area contributed by atoms with Gasteiger partial charge in [-0.3, -0.25) is 4.79 Å². The number of nitrogens with one attached hydrogen (secondary N) is 1. The standard InChI is InChI=1S/C21H21F2NO4/c1-13(27-20(26)16-10-4-5-12-18(16)28-21(22)23)19(25)24-17-11-6-8-14-7-2-3-9-15(14)17/h2-5,7,9-10,12-13,17,21H,6,8,11H2,1H3,(H,24,25). The normalized spacial score (nSPS) is 16.8. The molecule has 1 N–H and O–H groups in total. The molecule has 2 aromatic rings. The van der Waals surface area contributed by atoms with Crippen LogP contribution in [0.4, 0.5) is 8.78 Å². The van der Waals surface area contributed by atoms with Crippen molar-refractivity contribution in [2.24, 2.45) is 0 Å². The molecule has 0 heterocycles. The number of aryl methyl sites for hydroxylation is 1. The van der Waals surface area contributed by atoms with Crippen LogP contribution in [0, 0.1) is 0 Å². The van der Waals surface area contributed by atoms with E-state index in [1.807, 2.05) is 24.3 Å². The molecule has 0 saturated carbocycles. The Morgan fingerprint density at radius 3 is 2.61 bits per heavy atom. The van der Waals surface area contributed by atoms with Gasteiger partial charge in [0.2, 0.25) is 0 Å². The summed E-state index contributed by atoms with van der Waals surface area (Å²) in [6, 6.07) is 13.3. The third-order valence-electron chi connectivity index (χ3n) is 4.66. The van der Waals surface area contributed by atoms with Crippen LogP contribution in [0.5, 0.6) is 5.75 Å². The minimum Gasteiger partial charge on any atom is -0.449 e. The second kappa shape index (κ2) is 8.82. The third-order valence-corrected chi connectivity index (χ3v) is 4.66. The fourth-order valence-corrected chi connectivity index (χ4v) is 3.30. The van der Waals surface area contributed by atoms with Crippen LogP contribution in [-0.4, -0.2) is 24.6 Å². The van der Waals surface area contributed by atoms with Crippen LogP contribution in [0.15, 0.2) is 48.5 Å². The van der Waals surface area contributed by atoms with Crippen LogP contribution in [0.1, 0.15) is 47.3 Å². The average molecular weight is 389 g/mol. The lowest BCUT2D eigenvalue weighted by Gasteiger charge is -2.27. The van der Waals surface area contributed by atoms with Gasteiger partial charge in [-0.25, -0.2) is 4.79 Å². The first-order chi connectivity index (χ1) is 13.5. The number of fused-ring (bicyclic) bond motifs is 1. The Morgan fingerprint density at radius 1 is 1.11 bits per heavy atom. The van der Waals surface area contributed by atoms with Crippen molar-refractivity contribution in [1.82, 2.24) is 5.32 Å². The van der Waals surface area contributed by atoms with Crippen LogP contribution in [-0.2, 0) is 16.0 Å². The molecule has 0 saturated heterocycles. The molecule has 1 aliphatic carbocycles. The van der Waals surface area contributed by atoms with Crippen molar-refractivity contribution >= 4 is 11.9 Å². The molecule has 0 radical (unpaired) electrons. The Balaban J connectivity index is 1.65. The summed E-state index contributed by atoms with van der Waals surface area (Å²) in [6.45, 7) is -1.63. The van der Waals surface area contributed by atoms with E-state index in [0.29, 0.717) is 0 Å². The maximum atomic E-state index is 12.5. The van der Waals surface area contributed by atoms with Gasteiger partial charge in [-0.2, -0.15) is 8.78 Å². The third kappa shape index (κ3) is 4.65. The van der Waals surface area contributed by atoms with Crippen LogP contribution >= 0.6 is 0 Å². The van der Waals surface area contributed by atoms with Gasteiger partial charge in [0.15, 0.2) is 6.10 Å². The first kappa shape index (κ1) is 19.8. The Labute approximate surface area is 161 Å². The summed E-state index contributed by atoms with van der Waals surface area (Å²) in [4.78, 5) is 24.8. The first-order valence-electron chi connectivity index (χ1n) is 9.08. The second-order valence-corrected chi connectivity index (χ2v) is 6.57. The van der Waals surface area contributed by atoms with E-state index in [1.54, 1.807) is 0 Å². The molecule has 148 valence electrons. The zero-order valence-corrected chi connectivity index (χ0v) is 15.4. The highest BCUT2D eigenvalue weighted by atomic mass is 19.3. The SMILES string of the molecule is CC(OC(=O)c1ccccc1OC(F)F)C(=O)NC1CCCc2ccccc21. The molecule has 5 nitrogen and oxygen atoms in total. The maximum Gasteiger partial charge on any atom is 0.387 e. The molecule has 2 unspecified atom stereocenters. The highest BCUT2D eigenvalue weighted by Gasteiger charge is 2.26. The Bertz CT molecular complexity index is 856. The summed E-state index contributed by atoms with van der Waals surface area (Å²) in [6.07, 6.45) is 1.64. The lowest BCUT2D eigenvalue weighted by atomic mass is 9.87. The van der Waals surface area contributed by atoms with Gasteiger partial charge in [0.05, 0.1) is 6.04 Å². The summed E-state index contributed by atoms with van der Waals surface area (Å²) in [5, 5.41) is 2.91. The molecule has 0 aliphatic heterocycles. The quantitative estimate of drug-likeness (QED) is 0.758. The number of halogens is 2. The molecule has 0 fully saturated rings. The number of rotatable bonds is 6. The molecule has 2 atom stereocenters. The highest BCUT2D eigenvalue weighted by Crippen LogP contribution is 2.29. The van der Waals surface area contributed by atoms with Crippen molar-refractivity contribution in [3.05, 3.63) is 65.2 Å². The lowest BCUT2D eigenvalue weighted by molar-refractivity contribution is -0.130. The summed E-state index contributed by atoms with van der Waals surface area (Å²) < 4.78 is 34.5. The second-order valence-electron chi connectivity index (χ2n) is 6.57. The van der Waals surface area contributed by atoms with Crippen molar-refractivity contribution in [3.63, 3.8) is 0 Å². The molecule has 1 aliphatic rings. The van der Waals surface area contributed by atoms with Crippen molar-refractivity contribution in [2.75, 3.05) is 0 Å². The molecule has 0 bridgehead atoms. The Morgan fingerprint density at radius 2 is 1.82 bits per heavy atom. The number of benzene rings is 2. The van der Waals surface area contributed by atoms with Crippen molar-refractivity contribution in [3.8, 4) is 5.75 Å². The number of hydrogen-bond acceptors (Lipinski definition) is 4. The van der Waals surface area contributed by atoms with Gasteiger partial charge >= 0.3 is 12.6 Å². The molecule has 3 rings (SSSR count). The molecule has 0 spiro atoms. The topological polar surface area (TPSA) is 64.6 Å². The van der Waals surface area contributed by atoms with Crippen molar-refractivity contribution in [2.45, 2.75) is 44.9 Å². The number of carbonyl (C=O) groups excluding carboxylic acids is 2. The first-order valence-corrected chi connectivity index (χ1v) is 9.08. The zero-order valence-electron chi connectivity index (χ0n) is 15.4. The summed E-state index contributed by atoms with van der Waals surface area (Å²) in [5.74, 6) is -1.64. The fourth-order valence-electron chi connectivity index (χ4n) is 3.30. The van der Waals surface area contributed by atoms with Gasteiger partial charge in [0.25, 0.3) is 5.91 Å². The molecule has 7 heteroatoms. The van der Waals surface area contributed by atoms with E-state index in [4.69, 9.17) is 4.74 Å². The summed E-state index contributed by atoms with van der Waals surface area (Å²) in [7, 11) is 0. The number of esters is 1. The van der Waals surface area contributed by atoms with Gasteiger partial charge in [0, 0.05) is 0 Å².